The summed E-state index contributed by atoms with van der Waals surface area (Å²) in [6, 6.07) is 4.07. The lowest BCUT2D eigenvalue weighted by Crippen LogP contribution is -2.41. The van der Waals surface area contributed by atoms with Crippen LogP contribution in [0.2, 0.25) is 5.15 Å². The lowest BCUT2D eigenvalue weighted by molar-refractivity contribution is -0.141. The number of carbonyl (C=O) groups excluding carboxylic acids is 1. The standard InChI is InChI=1S/C10H10ClF3N2O2/c11-8-3-1-2-7(15-8)9(18)16(4-5-17)6-10(12,13)14/h1-3,17H,4-6H2. The molecule has 0 fully saturated rings. The molecule has 0 spiro atoms. The molecule has 100 valence electrons. The average Bonchev–Trinajstić information content (AvgIpc) is 2.26. The van der Waals surface area contributed by atoms with E-state index in [1.807, 2.05) is 0 Å². The van der Waals surface area contributed by atoms with Crippen LogP contribution in [0.3, 0.4) is 0 Å². The Morgan fingerprint density at radius 2 is 2.11 bits per heavy atom. The van der Waals surface area contributed by atoms with Crippen molar-refractivity contribution in [1.29, 1.82) is 0 Å². The molecule has 1 rings (SSSR count). The van der Waals surface area contributed by atoms with Gasteiger partial charge in [0.1, 0.15) is 17.4 Å². The summed E-state index contributed by atoms with van der Waals surface area (Å²) in [5.41, 5.74) is -0.194. The summed E-state index contributed by atoms with van der Waals surface area (Å²) in [5.74, 6) is -0.927. The van der Waals surface area contributed by atoms with Crippen LogP contribution >= 0.6 is 11.6 Å². The van der Waals surface area contributed by atoms with Gasteiger partial charge in [-0.2, -0.15) is 13.2 Å². The van der Waals surface area contributed by atoms with Crippen molar-refractivity contribution in [3.8, 4) is 0 Å². The van der Waals surface area contributed by atoms with Crippen LogP contribution in [0.5, 0.6) is 0 Å². The van der Waals surface area contributed by atoms with Crippen LogP contribution in [0, 0.1) is 0 Å². The Bertz CT molecular complexity index is 426. The van der Waals surface area contributed by atoms with Gasteiger partial charge in [-0.15, -0.1) is 0 Å². The molecule has 1 N–H and O–H groups in total. The third-order valence-electron chi connectivity index (χ3n) is 1.96. The van der Waals surface area contributed by atoms with Gasteiger partial charge < -0.3 is 10.0 Å². The number of alkyl halides is 3. The van der Waals surface area contributed by atoms with E-state index in [1.54, 1.807) is 0 Å². The molecular formula is C10H10ClF3N2O2. The Labute approximate surface area is 106 Å². The van der Waals surface area contributed by atoms with Crippen LogP contribution in [0.25, 0.3) is 0 Å². The van der Waals surface area contributed by atoms with Gasteiger partial charge in [-0.05, 0) is 12.1 Å². The largest absolute Gasteiger partial charge is 0.406 e. The summed E-state index contributed by atoms with van der Waals surface area (Å²) < 4.78 is 36.8. The molecule has 0 aliphatic carbocycles. The maximum absolute atomic E-state index is 12.3. The summed E-state index contributed by atoms with van der Waals surface area (Å²) >= 11 is 5.55. The smallest absolute Gasteiger partial charge is 0.395 e. The second kappa shape index (κ2) is 6.01. The average molecular weight is 283 g/mol. The van der Waals surface area contributed by atoms with E-state index < -0.39 is 31.8 Å². The Balaban J connectivity index is 2.89. The minimum absolute atomic E-state index is 0.0109. The summed E-state index contributed by atoms with van der Waals surface area (Å²) in [6.07, 6.45) is -4.54. The molecule has 1 heterocycles. The van der Waals surface area contributed by atoms with Crippen molar-refractivity contribution in [1.82, 2.24) is 9.88 Å². The van der Waals surface area contributed by atoms with E-state index in [-0.39, 0.29) is 10.8 Å². The fourth-order valence-electron chi connectivity index (χ4n) is 1.28. The van der Waals surface area contributed by atoms with E-state index in [1.165, 1.54) is 18.2 Å². The van der Waals surface area contributed by atoms with Gasteiger partial charge in [0.2, 0.25) is 0 Å². The zero-order valence-electron chi connectivity index (χ0n) is 9.12. The number of carbonyl (C=O) groups is 1. The fourth-order valence-corrected chi connectivity index (χ4v) is 1.44. The number of nitrogens with zero attached hydrogens (tertiary/aromatic N) is 2. The maximum atomic E-state index is 12.3. The normalized spacial score (nSPS) is 11.4. The highest BCUT2D eigenvalue weighted by Gasteiger charge is 2.33. The molecule has 0 unspecified atom stereocenters. The zero-order valence-corrected chi connectivity index (χ0v) is 9.87. The molecule has 0 bridgehead atoms. The second-order valence-corrected chi connectivity index (χ2v) is 3.80. The van der Waals surface area contributed by atoms with E-state index in [0.29, 0.717) is 4.90 Å². The van der Waals surface area contributed by atoms with Crippen molar-refractivity contribution in [2.45, 2.75) is 6.18 Å². The Hall–Kier alpha value is -1.34. The molecule has 0 saturated heterocycles. The van der Waals surface area contributed by atoms with Crippen LogP contribution in [-0.4, -0.2) is 46.8 Å². The number of hydrogen-bond donors (Lipinski definition) is 1. The monoisotopic (exact) mass is 282 g/mol. The van der Waals surface area contributed by atoms with Crippen LogP contribution < -0.4 is 0 Å². The molecule has 1 aromatic heterocycles. The Kier molecular flexibility index (Phi) is 4.92. The van der Waals surface area contributed by atoms with E-state index in [9.17, 15) is 18.0 Å². The van der Waals surface area contributed by atoms with Crippen molar-refractivity contribution in [2.75, 3.05) is 19.7 Å². The fraction of sp³-hybridized carbons (Fsp3) is 0.400. The summed E-state index contributed by atoms with van der Waals surface area (Å²) in [7, 11) is 0. The van der Waals surface area contributed by atoms with Gasteiger partial charge in [-0.3, -0.25) is 4.79 Å². The predicted molar refractivity (Wildman–Crippen MR) is 58.3 cm³/mol. The summed E-state index contributed by atoms with van der Waals surface area (Å²) in [4.78, 5) is 15.9. The third-order valence-corrected chi connectivity index (χ3v) is 2.17. The van der Waals surface area contributed by atoms with Crippen LogP contribution in [0.1, 0.15) is 10.5 Å². The minimum Gasteiger partial charge on any atom is -0.395 e. The molecule has 4 nitrogen and oxygen atoms in total. The van der Waals surface area contributed by atoms with Crippen LogP contribution in [-0.2, 0) is 0 Å². The Morgan fingerprint density at radius 3 is 2.61 bits per heavy atom. The molecule has 1 aromatic rings. The summed E-state index contributed by atoms with van der Waals surface area (Å²) in [6.45, 7) is -2.44. The van der Waals surface area contributed by atoms with Crippen LogP contribution in [0.15, 0.2) is 18.2 Å². The van der Waals surface area contributed by atoms with E-state index in [0.717, 1.165) is 0 Å². The predicted octanol–water partition coefficient (Wildman–Crippen LogP) is 1.73. The number of pyridine rings is 1. The molecule has 0 aromatic carbocycles. The molecule has 8 heteroatoms. The number of aliphatic hydroxyl groups excluding tert-OH is 1. The topological polar surface area (TPSA) is 53.4 Å². The minimum atomic E-state index is -4.54. The van der Waals surface area contributed by atoms with Crippen LogP contribution in [0.4, 0.5) is 13.2 Å². The van der Waals surface area contributed by atoms with Gasteiger partial charge >= 0.3 is 6.18 Å². The number of rotatable bonds is 4. The lowest BCUT2D eigenvalue weighted by Gasteiger charge is -2.22. The summed E-state index contributed by atoms with van der Waals surface area (Å²) in [5, 5.41) is 8.69. The number of halogens is 4. The second-order valence-electron chi connectivity index (χ2n) is 3.41. The van der Waals surface area contributed by atoms with Gasteiger partial charge in [0.05, 0.1) is 6.61 Å². The first kappa shape index (κ1) is 14.7. The first-order valence-electron chi connectivity index (χ1n) is 4.93. The van der Waals surface area contributed by atoms with Crippen molar-refractivity contribution in [2.24, 2.45) is 0 Å². The SMILES string of the molecule is O=C(c1cccc(Cl)n1)N(CCO)CC(F)(F)F. The molecule has 1 amide bonds. The van der Waals surface area contributed by atoms with E-state index in [4.69, 9.17) is 16.7 Å². The van der Waals surface area contributed by atoms with Crippen molar-refractivity contribution < 1.29 is 23.1 Å². The van der Waals surface area contributed by atoms with Gasteiger partial charge in [0.15, 0.2) is 0 Å². The van der Waals surface area contributed by atoms with Gasteiger partial charge in [0, 0.05) is 6.54 Å². The highest BCUT2D eigenvalue weighted by molar-refractivity contribution is 6.29. The highest BCUT2D eigenvalue weighted by Crippen LogP contribution is 2.18. The molecular weight excluding hydrogens is 273 g/mol. The zero-order chi connectivity index (χ0) is 13.8. The van der Waals surface area contributed by atoms with Crippen molar-refractivity contribution in [3.05, 3.63) is 29.0 Å². The highest BCUT2D eigenvalue weighted by atomic mass is 35.5. The third kappa shape index (κ3) is 4.50. The molecule has 0 aliphatic heterocycles. The number of amides is 1. The molecule has 0 saturated carbocycles. The van der Waals surface area contributed by atoms with Crippen molar-refractivity contribution in [3.63, 3.8) is 0 Å². The van der Waals surface area contributed by atoms with Crippen molar-refractivity contribution >= 4 is 17.5 Å². The maximum Gasteiger partial charge on any atom is 0.406 e. The number of aliphatic hydroxyl groups is 1. The quantitative estimate of drug-likeness (QED) is 0.856. The van der Waals surface area contributed by atoms with Gasteiger partial charge in [-0.1, -0.05) is 17.7 Å². The van der Waals surface area contributed by atoms with E-state index in [2.05, 4.69) is 4.98 Å². The van der Waals surface area contributed by atoms with Gasteiger partial charge in [0.25, 0.3) is 5.91 Å². The lowest BCUT2D eigenvalue weighted by atomic mass is 10.3. The first-order valence-corrected chi connectivity index (χ1v) is 5.31. The number of aromatic nitrogens is 1. The molecule has 0 atom stereocenters. The molecule has 0 aliphatic rings. The Morgan fingerprint density at radius 1 is 1.44 bits per heavy atom. The number of hydrogen-bond acceptors (Lipinski definition) is 3. The molecule has 0 radical (unpaired) electrons. The van der Waals surface area contributed by atoms with E-state index >= 15 is 0 Å². The molecule has 18 heavy (non-hydrogen) atoms. The van der Waals surface area contributed by atoms with Gasteiger partial charge in [-0.25, -0.2) is 4.98 Å². The first-order chi connectivity index (χ1) is 8.33.